The molecule has 0 bridgehead atoms. The molecule has 2 aromatic heterocycles. The first-order valence-corrected chi connectivity index (χ1v) is 7.89. The monoisotopic (exact) mass is 341 g/mol. The number of hydrogen-bond donors (Lipinski definition) is 2. The first-order chi connectivity index (χ1) is 11.8. The summed E-state index contributed by atoms with van der Waals surface area (Å²) in [6.45, 7) is 5.07. The Kier molecular flexibility index (Phi) is 4.22. The smallest absolute Gasteiger partial charge is 0.287 e. The van der Waals surface area contributed by atoms with Gasteiger partial charge in [-0.05, 0) is 39.0 Å². The Hall–Kier alpha value is -2.86. The third-order valence-corrected chi connectivity index (χ3v) is 4.07. The average Bonchev–Trinajstić information content (AvgIpc) is 2.92. The lowest BCUT2D eigenvalue weighted by Crippen LogP contribution is -2.39. The van der Waals surface area contributed by atoms with Gasteiger partial charge in [-0.15, -0.1) is 0 Å². The standard InChI is InChI=1S/C19H19NO5/c1-11-8-14(12(2)24-11)19(3,23)10-20-18(22)17-9-15(21)13-6-4-5-7-16(13)25-17/h4-9,23H,10H2,1-3H3,(H,20,22). The Morgan fingerprint density at radius 2 is 1.92 bits per heavy atom. The summed E-state index contributed by atoms with van der Waals surface area (Å²) >= 11 is 0. The van der Waals surface area contributed by atoms with Crippen molar-refractivity contribution in [3.63, 3.8) is 0 Å². The van der Waals surface area contributed by atoms with Crippen LogP contribution in [0.4, 0.5) is 0 Å². The minimum atomic E-state index is -1.31. The van der Waals surface area contributed by atoms with Crippen molar-refractivity contribution in [3.05, 3.63) is 69.5 Å². The molecule has 6 heteroatoms. The van der Waals surface area contributed by atoms with Gasteiger partial charge in [-0.25, -0.2) is 0 Å². The van der Waals surface area contributed by atoms with Gasteiger partial charge in [-0.3, -0.25) is 9.59 Å². The summed E-state index contributed by atoms with van der Waals surface area (Å²) in [6, 6.07) is 9.60. The minimum absolute atomic E-state index is 0.0534. The number of furan rings is 1. The van der Waals surface area contributed by atoms with Crippen LogP contribution in [0.2, 0.25) is 0 Å². The van der Waals surface area contributed by atoms with Crippen LogP contribution in [0, 0.1) is 13.8 Å². The fourth-order valence-electron chi connectivity index (χ4n) is 2.82. The number of rotatable bonds is 4. The van der Waals surface area contributed by atoms with Crippen LogP contribution < -0.4 is 10.7 Å². The fourth-order valence-corrected chi connectivity index (χ4v) is 2.82. The van der Waals surface area contributed by atoms with Gasteiger partial charge in [0.2, 0.25) is 0 Å². The maximum Gasteiger partial charge on any atom is 0.287 e. The number of carbonyl (C=O) groups is 1. The highest BCUT2D eigenvalue weighted by Crippen LogP contribution is 2.26. The number of carbonyl (C=O) groups excluding carboxylic acids is 1. The molecule has 0 aliphatic rings. The molecule has 2 heterocycles. The highest BCUT2D eigenvalue weighted by molar-refractivity contribution is 5.93. The molecule has 3 aromatic rings. The van der Waals surface area contributed by atoms with E-state index in [4.69, 9.17) is 8.83 Å². The largest absolute Gasteiger partial charge is 0.466 e. The van der Waals surface area contributed by atoms with Crippen molar-refractivity contribution in [2.45, 2.75) is 26.4 Å². The zero-order chi connectivity index (χ0) is 18.2. The van der Waals surface area contributed by atoms with Crippen molar-refractivity contribution in [1.29, 1.82) is 0 Å². The van der Waals surface area contributed by atoms with E-state index in [0.717, 1.165) is 6.07 Å². The number of aliphatic hydroxyl groups is 1. The molecule has 0 spiro atoms. The predicted molar refractivity (Wildman–Crippen MR) is 92.6 cm³/mol. The topological polar surface area (TPSA) is 92.7 Å². The molecule has 25 heavy (non-hydrogen) atoms. The summed E-state index contributed by atoms with van der Waals surface area (Å²) in [7, 11) is 0. The van der Waals surface area contributed by atoms with Gasteiger partial charge >= 0.3 is 0 Å². The Bertz CT molecular complexity index is 996. The Balaban J connectivity index is 1.81. The molecule has 130 valence electrons. The number of nitrogens with one attached hydrogen (secondary N) is 1. The van der Waals surface area contributed by atoms with Gasteiger partial charge in [0.05, 0.1) is 11.9 Å². The molecule has 1 amide bonds. The van der Waals surface area contributed by atoms with Crippen molar-refractivity contribution in [2.75, 3.05) is 6.54 Å². The molecule has 0 aliphatic heterocycles. The van der Waals surface area contributed by atoms with E-state index in [-0.39, 0.29) is 17.7 Å². The van der Waals surface area contributed by atoms with Crippen molar-refractivity contribution < 1.29 is 18.7 Å². The van der Waals surface area contributed by atoms with Gasteiger partial charge in [0.25, 0.3) is 5.91 Å². The number of amides is 1. The Labute approximate surface area is 144 Å². The third-order valence-electron chi connectivity index (χ3n) is 4.07. The fraction of sp³-hybridized carbons (Fsp3) is 0.263. The molecule has 2 N–H and O–H groups in total. The summed E-state index contributed by atoms with van der Waals surface area (Å²) in [5.41, 5.74) is -0.659. The van der Waals surface area contributed by atoms with Crippen molar-refractivity contribution >= 4 is 16.9 Å². The first-order valence-electron chi connectivity index (χ1n) is 7.89. The lowest BCUT2D eigenvalue weighted by atomic mass is 9.96. The van der Waals surface area contributed by atoms with Crippen molar-refractivity contribution in [1.82, 2.24) is 5.32 Å². The lowest BCUT2D eigenvalue weighted by Gasteiger charge is -2.23. The van der Waals surface area contributed by atoms with Crippen LogP contribution in [0.5, 0.6) is 0 Å². The molecular formula is C19H19NO5. The molecule has 0 radical (unpaired) electrons. The van der Waals surface area contributed by atoms with Gasteiger partial charge < -0.3 is 19.3 Å². The Morgan fingerprint density at radius 1 is 1.20 bits per heavy atom. The van der Waals surface area contributed by atoms with Gasteiger partial charge in [-0.1, -0.05) is 12.1 Å². The highest BCUT2D eigenvalue weighted by Gasteiger charge is 2.28. The first kappa shape index (κ1) is 17.0. The molecule has 3 rings (SSSR count). The highest BCUT2D eigenvalue weighted by atomic mass is 16.3. The molecule has 6 nitrogen and oxygen atoms in total. The van der Waals surface area contributed by atoms with Crippen LogP contribution in [0.1, 0.15) is 34.6 Å². The van der Waals surface area contributed by atoms with Gasteiger partial charge in [-0.2, -0.15) is 0 Å². The molecule has 1 atom stereocenters. The third kappa shape index (κ3) is 3.34. The van der Waals surface area contributed by atoms with Crippen LogP contribution in [-0.2, 0) is 5.60 Å². The quantitative estimate of drug-likeness (QED) is 0.761. The summed E-state index contributed by atoms with van der Waals surface area (Å²) < 4.78 is 10.9. The molecule has 0 saturated heterocycles. The molecule has 0 fully saturated rings. The number of aryl methyl sites for hydroxylation is 2. The van der Waals surface area contributed by atoms with Gasteiger partial charge in [0.15, 0.2) is 11.2 Å². The van der Waals surface area contributed by atoms with Crippen LogP contribution >= 0.6 is 0 Å². The maximum absolute atomic E-state index is 12.3. The second kappa shape index (κ2) is 6.22. The zero-order valence-electron chi connectivity index (χ0n) is 14.3. The van der Waals surface area contributed by atoms with E-state index < -0.39 is 11.5 Å². The number of fused-ring (bicyclic) bond motifs is 1. The number of hydrogen-bond acceptors (Lipinski definition) is 5. The van der Waals surface area contributed by atoms with E-state index in [9.17, 15) is 14.7 Å². The Morgan fingerprint density at radius 3 is 2.60 bits per heavy atom. The second-order valence-electron chi connectivity index (χ2n) is 6.25. The van der Waals surface area contributed by atoms with E-state index in [2.05, 4.69) is 5.32 Å². The predicted octanol–water partition coefficient (Wildman–Crippen LogP) is 2.64. The van der Waals surface area contributed by atoms with Crippen LogP contribution in [0.15, 0.2) is 50.0 Å². The molecule has 0 saturated carbocycles. The van der Waals surface area contributed by atoms with E-state index in [1.165, 1.54) is 0 Å². The second-order valence-corrected chi connectivity index (χ2v) is 6.25. The zero-order valence-corrected chi connectivity index (χ0v) is 14.3. The molecule has 1 aromatic carbocycles. The van der Waals surface area contributed by atoms with E-state index in [0.29, 0.717) is 28.1 Å². The van der Waals surface area contributed by atoms with Crippen molar-refractivity contribution in [2.24, 2.45) is 0 Å². The van der Waals surface area contributed by atoms with E-state index in [1.54, 1.807) is 51.1 Å². The summed E-state index contributed by atoms with van der Waals surface area (Å²) in [5, 5.41) is 13.7. The molecular weight excluding hydrogens is 322 g/mol. The molecule has 1 unspecified atom stereocenters. The average molecular weight is 341 g/mol. The van der Waals surface area contributed by atoms with Crippen LogP contribution in [0.25, 0.3) is 11.0 Å². The summed E-state index contributed by atoms with van der Waals surface area (Å²) in [4.78, 5) is 24.4. The summed E-state index contributed by atoms with van der Waals surface area (Å²) in [5.74, 6) is 0.606. The SMILES string of the molecule is Cc1cc(C(C)(O)CNC(=O)c2cc(=O)c3ccccc3o2)c(C)o1. The maximum atomic E-state index is 12.3. The van der Waals surface area contributed by atoms with Gasteiger partial charge in [0, 0.05) is 11.6 Å². The normalized spacial score (nSPS) is 13.6. The van der Waals surface area contributed by atoms with Crippen LogP contribution in [0.3, 0.4) is 0 Å². The summed E-state index contributed by atoms with van der Waals surface area (Å²) in [6.07, 6.45) is 0. The van der Waals surface area contributed by atoms with Crippen molar-refractivity contribution in [3.8, 4) is 0 Å². The number of para-hydroxylation sites is 1. The minimum Gasteiger partial charge on any atom is -0.466 e. The molecule has 0 aliphatic carbocycles. The van der Waals surface area contributed by atoms with E-state index >= 15 is 0 Å². The lowest BCUT2D eigenvalue weighted by molar-refractivity contribution is 0.0507. The van der Waals surface area contributed by atoms with Gasteiger partial charge in [0.1, 0.15) is 22.7 Å². The van der Waals surface area contributed by atoms with E-state index in [1.807, 2.05) is 0 Å². The number of benzene rings is 1. The van der Waals surface area contributed by atoms with Crippen LogP contribution in [-0.4, -0.2) is 17.6 Å².